The third kappa shape index (κ3) is 5.85. The van der Waals surface area contributed by atoms with Gasteiger partial charge in [-0.3, -0.25) is 4.79 Å². The van der Waals surface area contributed by atoms with E-state index in [9.17, 15) is 4.79 Å². The molecule has 3 aromatic rings. The van der Waals surface area contributed by atoms with Crippen LogP contribution in [0.4, 0.5) is 5.69 Å². The molecule has 0 radical (unpaired) electrons. The number of para-hydroxylation sites is 1. The number of hydrogen-bond donors (Lipinski definition) is 1. The number of rotatable bonds is 8. The fourth-order valence-electron chi connectivity index (χ4n) is 2.93. The molecule has 0 aliphatic carbocycles. The van der Waals surface area contributed by atoms with Crippen molar-refractivity contribution in [2.75, 3.05) is 5.32 Å². The molecule has 0 aromatic heterocycles. The van der Waals surface area contributed by atoms with Gasteiger partial charge >= 0.3 is 0 Å². The summed E-state index contributed by atoms with van der Waals surface area (Å²) in [5.74, 6) is 1.63. The molecule has 0 fully saturated rings. The zero-order valence-corrected chi connectivity index (χ0v) is 17.1. The largest absolute Gasteiger partial charge is 0.489 e. The van der Waals surface area contributed by atoms with E-state index < -0.39 is 6.10 Å². The molecule has 4 nitrogen and oxygen atoms in total. The second-order valence-corrected chi connectivity index (χ2v) is 7.24. The van der Waals surface area contributed by atoms with Crippen molar-refractivity contribution in [3.05, 3.63) is 90.0 Å². The molecular weight excluding hydrogens is 362 g/mol. The lowest BCUT2D eigenvalue weighted by Crippen LogP contribution is -2.30. The van der Waals surface area contributed by atoms with E-state index in [2.05, 4.69) is 19.2 Å². The minimum atomic E-state index is -0.607. The number of ether oxygens (including phenoxy) is 2. The Labute approximate surface area is 172 Å². The summed E-state index contributed by atoms with van der Waals surface area (Å²) in [6.45, 7) is 6.47. The fraction of sp³-hybridized carbons (Fsp3) is 0.240. The van der Waals surface area contributed by atoms with Crippen LogP contribution in [0.3, 0.4) is 0 Å². The number of nitrogens with one attached hydrogen (secondary N) is 1. The van der Waals surface area contributed by atoms with Crippen LogP contribution in [-0.2, 0) is 11.4 Å². The summed E-state index contributed by atoms with van der Waals surface area (Å²) in [5, 5.41) is 2.89. The van der Waals surface area contributed by atoms with Crippen LogP contribution >= 0.6 is 0 Å². The lowest BCUT2D eigenvalue weighted by Gasteiger charge is -2.18. The third-order valence-corrected chi connectivity index (χ3v) is 4.58. The normalized spacial score (nSPS) is 11.7. The number of anilines is 1. The van der Waals surface area contributed by atoms with E-state index in [1.165, 1.54) is 0 Å². The summed E-state index contributed by atoms with van der Waals surface area (Å²) in [7, 11) is 0. The van der Waals surface area contributed by atoms with Crippen molar-refractivity contribution >= 4 is 11.6 Å². The van der Waals surface area contributed by atoms with Crippen molar-refractivity contribution in [1.29, 1.82) is 0 Å². The second kappa shape index (κ2) is 9.78. The van der Waals surface area contributed by atoms with Gasteiger partial charge in [0.05, 0.1) is 0 Å². The van der Waals surface area contributed by atoms with E-state index >= 15 is 0 Å². The Morgan fingerprint density at radius 3 is 2.21 bits per heavy atom. The second-order valence-electron chi connectivity index (χ2n) is 7.24. The minimum absolute atomic E-state index is 0.193. The van der Waals surface area contributed by atoms with Gasteiger partial charge in [-0.05, 0) is 54.3 Å². The molecule has 0 heterocycles. The van der Waals surface area contributed by atoms with Crippen molar-refractivity contribution in [3.8, 4) is 11.5 Å². The van der Waals surface area contributed by atoms with Crippen LogP contribution in [0.5, 0.6) is 11.5 Å². The zero-order chi connectivity index (χ0) is 20.6. The van der Waals surface area contributed by atoms with E-state index in [0.717, 1.165) is 22.6 Å². The topological polar surface area (TPSA) is 47.6 Å². The zero-order valence-electron chi connectivity index (χ0n) is 17.1. The highest BCUT2D eigenvalue weighted by Crippen LogP contribution is 2.27. The first-order chi connectivity index (χ1) is 14.0. The van der Waals surface area contributed by atoms with Gasteiger partial charge in [0.15, 0.2) is 6.10 Å². The first-order valence-corrected chi connectivity index (χ1v) is 9.86. The Morgan fingerprint density at radius 2 is 1.52 bits per heavy atom. The van der Waals surface area contributed by atoms with Crippen molar-refractivity contribution in [3.63, 3.8) is 0 Å². The summed E-state index contributed by atoms with van der Waals surface area (Å²) in [4.78, 5) is 12.5. The average molecular weight is 389 g/mol. The molecule has 0 unspecified atom stereocenters. The van der Waals surface area contributed by atoms with Gasteiger partial charge in [-0.15, -0.1) is 0 Å². The Balaban J connectivity index is 1.55. The smallest absolute Gasteiger partial charge is 0.265 e. The van der Waals surface area contributed by atoms with Crippen molar-refractivity contribution in [2.45, 2.75) is 39.4 Å². The van der Waals surface area contributed by atoms with Gasteiger partial charge in [-0.1, -0.05) is 62.4 Å². The first-order valence-electron chi connectivity index (χ1n) is 9.86. The molecule has 0 bridgehead atoms. The van der Waals surface area contributed by atoms with Gasteiger partial charge in [0.2, 0.25) is 0 Å². The molecule has 0 spiro atoms. The van der Waals surface area contributed by atoms with Crippen LogP contribution in [0.1, 0.15) is 37.8 Å². The van der Waals surface area contributed by atoms with E-state index in [1.54, 1.807) is 6.92 Å². The molecule has 0 aliphatic rings. The standard InChI is InChI=1S/C25H27NO3/c1-18(2)23-11-7-8-12-24(23)29-19(3)25(27)26-21-13-15-22(16-14-21)28-17-20-9-5-4-6-10-20/h4-16,18-19H,17H2,1-3H3,(H,26,27)/t19-/m0/s1. The monoisotopic (exact) mass is 389 g/mol. The maximum absolute atomic E-state index is 12.5. The molecule has 3 rings (SSSR count). The molecule has 0 aliphatic heterocycles. The summed E-state index contributed by atoms with van der Waals surface area (Å²) in [6.07, 6.45) is -0.607. The van der Waals surface area contributed by atoms with Crippen LogP contribution in [0.15, 0.2) is 78.9 Å². The molecule has 1 N–H and O–H groups in total. The Hall–Kier alpha value is -3.27. The van der Waals surface area contributed by atoms with Crippen molar-refractivity contribution in [2.24, 2.45) is 0 Å². The predicted molar refractivity (Wildman–Crippen MR) is 116 cm³/mol. The molecule has 29 heavy (non-hydrogen) atoms. The van der Waals surface area contributed by atoms with E-state index in [-0.39, 0.29) is 5.91 Å². The highest BCUT2D eigenvalue weighted by atomic mass is 16.5. The summed E-state index contributed by atoms with van der Waals surface area (Å²) in [6, 6.07) is 25.2. The number of hydrogen-bond acceptors (Lipinski definition) is 3. The molecule has 4 heteroatoms. The number of benzene rings is 3. The maximum atomic E-state index is 12.5. The van der Waals surface area contributed by atoms with Gasteiger partial charge in [0.25, 0.3) is 5.91 Å². The highest BCUT2D eigenvalue weighted by molar-refractivity contribution is 5.94. The van der Waals surface area contributed by atoms with E-state index in [1.807, 2.05) is 78.9 Å². The third-order valence-electron chi connectivity index (χ3n) is 4.58. The van der Waals surface area contributed by atoms with Crippen LogP contribution in [0.2, 0.25) is 0 Å². The SMILES string of the molecule is CC(C)c1ccccc1O[C@@H](C)C(=O)Nc1ccc(OCc2ccccc2)cc1. The molecule has 3 aromatic carbocycles. The van der Waals surface area contributed by atoms with Crippen LogP contribution in [-0.4, -0.2) is 12.0 Å². The number of carbonyl (C=O) groups is 1. The number of carbonyl (C=O) groups excluding carboxylic acids is 1. The molecule has 150 valence electrons. The highest BCUT2D eigenvalue weighted by Gasteiger charge is 2.17. The van der Waals surface area contributed by atoms with Crippen LogP contribution < -0.4 is 14.8 Å². The summed E-state index contributed by atoms with van der Waals surface area (Å²) < 4.78 is 11.7. The van der Waals surface area contributed by atoms with Crippen molar-refractivity contribution in [1.82, 2.24) is 0 Å². The van der Waals surface area contributed by atoms with Gasteiger partial charge in [-0.25, -0.2) is 0 Å². The maximum Gasteiger partial charge on any atom is 0.265 e. The van der Waals surface area contributed by atoms with Gasteiger partial charge < -0.3 is 14.8 Å². The quantitative estimate of drug-likeness (QED) is 0.530. The Kier molecular flexibility index (Phi) is 6.90. The molecule has 1 amide bonds. The molecule has 1 atom stereocenters. The van der Waals surface area contributed by atoms with Gasteiger partial charge in [0, 0.05) is 5.69 Å². The predicted octanol–water partition coefficient (Wildman–Crippen LogP) is 5.80. The van der Waals surface area contributed by atoms with Gasteiger partial charge in [-0.2, -0.15) is 0 Å². The summed E-state index contributed by atoms with van der Waals surface area (Å²) >= 11 is 0. The Morgan fingerprint density at radius 1 is 0.862 bits per heavy atom. The summed E-state index contributed by atoms with van der Waals surface area (Å²) in [5.41, 5.74) is 2.90. The van der Waals surface area contributed by atoms with Crippen molar-refractivity contribution < 1.29 is 14.3 Å². The van der Waals surface area contributed by atoms with E-state index in [4.69, 9.17) is 9.47 Å². The minimum Gasteiger partial charge on any atom is -0.489 e. The lowest BCUT2D eigenvalue weighted by molar-refractivity contribution is -0.122. The fourth-order valence-corrected chi connectivity index (χ4v) is 2.93. The first kappa shape index (κ1) is 20.5. The van der Waals surface area contributed by atoms with Crippen LogP contribution in [0, 0.1) is 0 Å². The van der Waals surface area contributed by atoms with Crippen LogP contribution in [0.25, 0.3) is 0 Å². The number of amides is 1. The van der Waals surface area contributed by atoms with Gasteiger partial charge in [0.1, 0.15) is 18.1 Å². The average Bonchev–Trinajstić information content (AvgIpc) is 2.74. The Bertz CT molecular complexity index is 920. The lowest BCUT2D eigenvalue weighted by atomic mass is 10.0. The van der Waals surface area contributed by atoms with E-state index in [0.29, 0.717) is 18.2 Å². The molecular formula is C25H27NO3. The molecule has 0 saturated carbocycles. The molecule has 0 saturated heterocycles.